The summed E-state index contributed by atoms with van der Waals surface area (Å²) in [5.74, 6) is -1.58. The van der Waals surface area contributed by atoms with Gasteiger partial charge in [-0.2, -0.15) is 0 Å². The van der Waals surface area contributed by atoms with Crippen molar-refractivity contribution in [2.75, 3.05) is 19.6 Å². The highest BCUT2D eigenvalue weighted by molar-refractivity contribution is 7.89. The molecular formula is C17H24F2N2O2S. The molecule has 0 spiro atoms. The highest BCUT2D eigenvalue weighted by Gasteiger charge is 2.28. The van der Waals surface area contributed by atoms with Gasteiger partial charge in [-0.25, -0.2) is 21.9 Å². The van der Waals surface area contributed by atoms with Crippen molar-refractivity contribution < 1.29 is 17.2 Å². The highest BCUT2D eigenvalue weighted by atomic mass is 32.2. The van der Waals surface area contributed by atoms with Crippen LogP contribution in [0.5, 0.6) is 0 Å². The van der Waals surface area contributed by atoms with Crippen LogP contribution in [0.4, 0.5) is 8.78 Å². The maximum Gasteiger partial charge on any atom is 0.243 e. The van der Waals surface area contributed by atoms with Gasteiger partial charge in [-0.05, 0) is 56.8 Å². The van der Waals surface area contributed by atoms with E-state index in [1.165, 1.54) is 25.7 Å². The third kappa shape index (κ3) is 4.13. The smallest absolute Gasteiger partial charge is 0.243 e. The molecule has 0 radical (unpaired) electrons. The van der Waals surface area contributed by atoms with Crippen LogP contribution < -0.4 is 4.72 Å². The molecule has 1 saturated carbocycles. The molecular weight excluding hydrogens is 334 g/mol. The van der Waals surface area contributed by atoms with Crippen molar-refractivity contribution in [1.29, 1.82) is 0 Å². The fourth-order valence-electron chi connectivity index (χ4n) is 3.79. The van der Waals surface area contributed by atoms with E-state index in [0.29, 0.717) is 18.7 Å². The number of hydrogen-bond acceptors (Lipinski definition) is 3. The molecule has 1 aromatic carbocycles. The van der Waals surface area contributed by atoms with Crippen LogP contribution in [-0.2, 0) is 10.0 Å². The third-order valence-corrected chi connectivity index (χ3v) is 6.69. The summed E-state index contributed by atoms with van der Waals surface area (Å²) in [6, 6.07) is 3.22. The number of nitrogens with zero attached hydrogens (tertiary/aromatic N) is 1. The molecule has 1 aliphatic heterocycles. The largest absolute Gasteiger partial charge is 0.300 e. The van der Waals surface area contributed by atoms with Gasteiger partial charge in [0.05, 0.1) is 0 Å². The van der Waals surface area contributed by atoms with Crippen LogP contribution in [-0.4, -0.2) is 39.0 Å². The third-order valence-electron chi connectivity index (χ3n) is 5.24. The highest BCUT2D eigenvalue weighted by Crippen LogP contribution is 2.27. The minimum absolute atomic E-state index is 0.265. The zero-order valence-electron chi connectivity index (χ0n) is 13.7. The van der Waals surface area contributed by atoms with Crippen LogP contribution >= 0.6 is 0 Å². The molecule has 1 N–H and O–H groups in total. The van der Waals surface area contributed by atoms with Crippen LogP contribution in [0.25, 0.3) is 0 Å². The second-order valence-electron chi connectivity index (χ2n) is 6.84. The maximum absolute atomic E-state index is 13.7. The summed E-state index contributed by atoms with van der Waals surface area (Å²) in [5, 5.41) is 0. The Labute approximate surface area is 142 Å². The van der Waals surface area contributed by atoms with E-state index in [9.17, 15) is 17.2 Å². The summed E-state index contributed by atoms with van der Waals surface area (Å²) in [4.78, 5) is 2.03. The van der Waals surface area contributed by atoms with E-state index in [-0.39, 0.29) is 5.92 Å². The van der Waals surface area contributed by atoms with Crippen LogP contribution in [0, 0.1) is 17.6 Å². The Kier molecular flexibility index (Phi) is 5.52. The van der Waals surface area contributed by atoms with Gasteiger partial charge < -0.3 is 4.90 Å². The first-order valence-corrected chi connectivity index (χ1v) is 10.1. The Hall–Kier alpha value is -1.05. The zero-order chi connectivity index (χ0) is 17.2. The molecule has 0 aromatic heterocycles. The molecule has 2 fully saturated rings. The van der Waals surface area contributed by atoms with Crippen molar-refractivity contribution in [3.05, 3.63) is 29.8 Å². The minimum atomic E-state index is -3.94. The number of halogens is 2. The predicted molar refractivity (Wildman–Crippen MR) is 88.1 cm³/mol. The molecule has 0 bridgehead atoms. The molecule has 4 nitrogen and oxygen atoms in total. The summed E-state index contributed by atoms with van der Waals surface area (Å²) < 4.78 is 53.5. The van der Waals surface area contributed by atoms with Crippen LogP contribution in [0.15, 0.2) is 23.1 Å². The van der Waals surface area contributed by atoms with Crippen molar-refractivity contribution in [1.82, 2.24) is 9.62 Å². The number of piperidine rings is 1. The van der Waals surface area contributed by atoms with Gasteiger partial charge in [-0.1, -0.05) is 12.8 Å². The topological polar surface area (TPSA) is 49.4 Å². The SMILES string of the molecule is O=S(=O)(NCC1CCN(C2CCCC2)CC1)c1ccc(F)cc1F. The normalized spacial score (nSPS) is 21.4. The fraction of sp³-hybridized carbons (Fsp3) is 0.647. The molecule has 0 unspecified atom stereocenters. The molecule has 1 aliphatic carbocycles. The van der Waals surface area contributed by atoms with E-state index in [4.69, 9.17) is 0 Å². The van der Waals surface area contributed by atoms with E-state index in [1.807, 2.05) is 0 Å². The molecule has 7 heteroatoms. The van der Waals surface area contributed by atoms with Crippen molar-refractivity contribution in [3.63, 3.8) is 0 Å². The summed E-state index contributed by atoms with van der Waals surface area (Å²) in [7, 11) is -3.94. The molecule has 1 aromatic rings. The number of hydrogen-bond donors (Lipinski definition) is 1. The monoisotopic (exact) mass is 358 g/mol. The van der Waals surface area contributed by atoms with Gasteiger partial charge in [-0.15, -0.1) is 0 Å². The van der Waals surface area contributed by atoms with Gasteiger partial charge >= 0.3 is 0 Å². The standard InChI is InChI=1S/C17H24F2N2O2S/c18-14-5-6-17(16(19)11-14)24(22,23)20-12-13-7-9-21(10-8-13)15-3-1-2-4-15/h5-6,11,13,15,20H,1-4,7-10,12H2. The average Bonchev–Trinajstić information content (AvgIpc) is 3.07. The summed E-state index contributed by atoms with van der Waals surface area (Å²) in [5.41, 5.74) is 0. The van der Waals surface area contributed by atoms with Crippen molar-refractivity contribution >= 4 is 10.0 Å². The van der Waals surface area contributed by atoms with E-state index in [1.54, 1.807) is 0 Å². The molecule has 0 atom stereocenters. The van der Waals surface area contributed by atoms with Gasteiger partial charge in [0.1, 0.15) is 16.5 Å². The first kappa shape index (κ1) is 17.8. The van der Waals surface area contributed by atoms with Crippen LogP contribution in [0.2, 0.25) is 0 Å². The van der Waals surface area contributed by atoms with Gasteiger partial charge in [0.25, 0.3) is 0 Å². The Balaban J connectivity index is 1.52. The van der Waals surface area contributed by atoms with Crippen molar-refractivity contribution in [3.8, 4) is 0 Å². The van der Waals surface area contributed by atoms with Gasteiger partial charge in [-0.3, -0.25) is 0 Å². The van der Waals surface area contributed by atoms with Crippen molar-refractivity contribution in [2.24, 2.45) is 5.92 Å². The Morgan fingerprint density at radius 2 is 1.75 bits per heavy atom. The summed E-state index contributed by atoms with van der Waals surface area (Å²) in [6.45, 7) is 2.31. The van der Waals surface area contributed by atoms with E-state index in [0.717, 1.165) is 38.1 Å². The molecule has 1 heterocycles. The first-order valence-electron chi connectivity index (χ1n) is 8.64. The first-order chi connectivity index (χ1) is 11.5. The number of nitrogens with one attached hydrogen (secondary N) is 1. The second-order valence-corrected chi connectivity index (χ2v) is 8.58. The molecule has 1 saturated heterocycles. The maximum atomic E-state index is 13.7. The second kappa shape index (κ2) is 7.45. The van der Waals surface area contributed by atoms with Gasteiger partial charge in [0.2, 0.25) is 10.0 Å². The predicted octanol–water partition coefficient (Wildman–Crippen LogP) is 2.90. The lowest BCUT2D eigenvalue weighted by atomic mass is 9.96. The average molecular weight is 358 g/mol. The van der Waals surface area contributed by atoms with E-state index < -0.39 is 26.6 Å². The number of likely N-dealkylation sites (tertiary alicyclic amines) is 1. The minimum Gasteiger partial charge on any atom is -0.300 e. The summed E-state index contributed by atoms with van der Waals surface area (Å²) in [6.07, 6.45) is 7.08. The Bertz CT molecular complexity index is 667. The van der Waals surface area contributed by atoms with Gasteiger partial charge in [0, 0.05) is 18.7 Å². The van der Waals surface area contributed by atoms with Crippen molar-refractivity contribution in [2.45, 2.75) is 49.5 Å². The van der Waals surface area contributed by atoms with Crippen LogP contribution in [0.1, 0.15) is 38.5 Å². The van der Waals surface area contributed by atoms with Crippen LogP contribution in [0.3, 0.4) is 0 Å². The lowest BCUT2D eigenvalue weighted by Crippen LogP contribution is -2.42. The molecule has 0 amide bonds. The summed E-state index contributed by atoms with van der Waals surface area (Å²) >= 11 is 0. The quantitative estimate of drug-likeness (QED) is 0.880. The van der Waals surface area contributed by atoms with E-state index >= 15 is 0 Å². The molecule has 24 heavy (non-hydrogen) atoms. The van der Waals surface area contributed by atoms with Gasteiger partial charge in [0.15, 0.2) is 0 Å². The number of rotatable bonds is 5. The Morgan fingerprint density at radius 3 is 2.38 bits per heavy atom. The fourth-order valence-corrected chi connectivity index (χ4v) is 4.96. The molecule has 2 aliphatic rings. The van der Waals surface area contributed by atoms with E-state index in [2.05, 4.69) is 9.62 Å². The Morgan fingerprint density at radius 1 is 1.08 bits per heavy atom. The molecule has 3 rings (SSSR count). The lowest BCUT2D eigenvalue weighted by Gasteiger charge is -2.36. The molecule has 134 valence electrons. The number of benzene rings is 1. The lowest BCUT2D eigenvalue weighted by molar-refractivity contribution is 0.135. The zero-order valence-corrected chi connectivity index (χ0v) is 14.5. The number of sulfonamides is 1.